The molecule has 0 atom stereocenters. The van der Waals surface area contributed by atoms with Crippen LogP contribution in [0.25, 0.3) is 0 Å². The molecule has 1 fully saturated rings. The molecule has 0 aliphatic heterocycles. The summed E-state index contributed by atoms with van der Waals surface area (Å²) in [7, 11) is 0. The summed E-state index contributed by atoms with van der Waals surface area (Å²) < 4.78 is 0. The van der Waals surface area contributed by atoms with Crippen molar-refractivity contribution >= 4 is 5.82 Å². The minimum absolute atomic E-state index is 0.113. The molecule has 0 spiro atoms. The second kappa shape index (κ2) is 6.53. The molecule has 0 aromatic carbocycles. The van der Waals surface area contributed by atoms with Crippen LogP contribution in [0.15, 0.2) is 12.1 Å². The van der Waals surface area contributed by atoms with E-state index in [9.17, 15) is 0 Å². The molecule has 20 heavy (non-hydrogen) atoms. The summed E-state index contributed by atoms with van der Waals surface area (Å²) in [5.41, 5.74) is 1.12. The quantitative estimate of drug-likeness (QED) is 0.830. The van der Waals surface area contributed by atoms with Crippen molar-refractivity contribution in [2.24, 2.45) is 0 Å². The summed E-state index contributed by atoms with van der Waals surface area (Å²) in [6.45, 7) is 10.6. The van der Waals surface area contributed by atoms with Crippen LogP contribution in [0, 0.1) is 0 Å². The molecule has 1 saturated carbocycles. The van der Waals surface area contributed by atoms with Gasteiger partial charge in [0.1, 0.15) is 0 Å². The van der Waals surface area contributed by atoms with Gasteiger partial charge in [0.25, 0.3) is 0 Å². The highest BCUT2D eigenvalue weighted by molar-refractivity contribution is 5.40. The van der Waals surface area contributed by atoms with E-state index in [1.807, 2.05) is 0 Å². The van der Waals surface area contributed by atoms with Gasteiger partial charge in [-0.1, -0.05) is 13.3 Å². The summed E-state index contributed by atoms with van der Waals surface area (Å²) in [6.07, 6.45) is 5.06. The van der Waals surface area contributed by atoms with Gasteiger partial charge in [-0.15, -0.1) is 5.10 Å². The largest absolute Gasteiger partial charge is 0.352 e. The maximum atomic E-state index is 4.43. The molecule has 0 radical (unpaired) electrons. The van der Waals surface area contributed by atoms with Crippen LogP contribution in [0.4, 0.5) is 5.82 Å². The van der Waals surface area contributed by atoms with Crippen molar-refractivity contribution in [3.05, 3.63) is 17.8 Å². The fraction of sp³-hybridized carbons (Fsp3) is 0.750. The van der Waals surface area contributed by atoms with Crippen LogP contribution in [0.5, 0.6) is 0 Å². The van der Waals surface area contributed by atoms with Gasteiger partial charge < -0.3 is 10.2 Å². The van der Waals surface area contributed by atoms with E-state index in [1.165, 1.54) is 25.7 Å². The van der Waals surface area contributed by atoms with Gasteiger partial charge in [-0.2, -0.15) is 5.10 Å². The normalized spacial score (nSPS) is 15.4. The third kappa shape index (κ3) is 4.75. The topological polar surface area (TPSA) is 41.0 Å². The predicted octanol–water partition coefficient (Wildman–Crippen LogP) is 3.13. The molecule has 112 valence electrons. The highest BCUT2D eigenvalue weighted by Crippen LogP contribution is 2.30. The van der Waals surface area contributed by atoms with E-state index in [0.29, 0.717) is 6.04 Å². The molecule has 0 amide bonds. The smallest absolute Gasteiger partial charge is 0.151 e. The van der Waals surface area contributed by atoms with Crippen LogP contribution in [0.1, 0.15) is 59.1 Å². The fourth-order valence-corrected chi connectivity index (χ4v) is 2.15. The Morgan fingerprint density at radius 3 is 2.50 bits per heavy atom. The summed E-state index contributed by atoms with van der Waals surface area (Å²) >= 11 is 0. The number of aromatic nitrogens is 2. The molecule has 1 heterocycles. The third-order valence-corrected chi connectivity index (χ3v) is 3.54. The zero-order valence-electron chi connectivity index (χ0n) is 13.3. The van der Waals surface area contributed by atoms with Crippen molar-refractivity contribution in [3.8, 4) is 0 Å². The van der Waals surface area contributed by atoms with E-state index >= 15 is 0 Å². The first-order chi connectivity index (χ1) is 9.49. The van der Waals surface area contributed by atoms with E-state index in [-0.39, 0.29) is 5.54 Å². The van der Waals surface area contributed by atoms with Crippen LogP contribution in [-0.2, 0) is 6.54 Å². The molecular formula is C16H28N4. The van der Waals surface area contributed by atoms with Crippen LogP contribution in [0.3, 0.4) is 0 Å². The van der Waals surface area contributed by atoms with Crippen molar-refractivity contribution in [2.45, 2.75) is 71.5 Å². The summed E-state index contributed by atoms with van der Waals surface area (Å²) in [6, 6.07) is 4.93. The first-order valence-corrected chi connectivity index (χ1v) is 7.84. The van der Waals surface area contributed by atoms with Gasteiger partial charge in [0.15, 0.2) is 5.82 Å². The molecule has 1 aromatic heterocycles. The average Bonchev–Trinajstić information content (AvgIpc) is 3.22. The standard InChI is InChI=1S/C16H28N4/c1-5-6-11-20(14-8-9-14)15-10-7-13(18-19-15)12-17-16(2,3)4/h7,10,14,17H,5-6,8-9,11-12H2,1-4H3. The fourth-order valence-electron chi connectivity index (χ4n) is 2.15. The monoisotopic (exact) mass is 276 g/mol. The molecular weight excluding hydrogens is 248 g/mol. The van der Waals surface area contributed by atoms with E-state index in [1.54, 1.807) is 0 Å². The van der Waals surface area contributed by atoms with Crippen molar-refractivity contribution in [3.63, 3.8) is 0 Å². The predicted molar refractivity (Wildman–Crippen MR) is 83.9 cm³/mol. The van der Waals surface area contributed by atoms with Crippen LogP contribution in [0.2, 0.25) is 0 Å². The van der Waals surface area contributed by atoms with Crippen molar-refractivity contribution in [1.82, 2.24) is 15.5 Å². The van der Waals surface area contributed by atoms with Crippen molar-refractivity contribution in [1.29, 1.82) is 0 Å². The Morgan fingerprint density at radius 1 is 1.25 bits per heavy atom. The average molecular weight is 276 g/mol. The summed E-state index contributed by atoms with van der Waals surface area (Å²) in [5.74, 6) is 1.04. The minimum Gasteiger partial charge on any atom is -0.352 e. The van der Waals surface area contributed by atoms with E-state index in [2.05, 4.69) is 60.2 Å². The van der Waals surface area contributed by atoms with Gasteiger partial charge >= 0.3 is 0 Å². The SMILES string of the molecule is CCCCN(c1ccc(CNC(C)(C)C)nn1)C1CC1. The van der Waals surface area contributed by atoms with E-state index in [0.717, 1.165) is 24.6 Å². The number of hydrogen-bond donors (Lipinski definition) is 1. The Kier molecular flexibility index (Phi) is 4.97. The zero-order valence-corrected chi connectivity index (χ0v) is 13.3. The van der Waals surface area contributed by atoms with Crippen LogP contribution < -0.4 is 10.2 Å². The van der Waals surface area contributed by atoms with Crippen molar-refractivity contribution < 1.29 is 0 Å². The molecule has 0 saturated heterocycles. The lowest BCUT2D eigenvalue weighted by molar-refractivity contribution is 0.420. The van der Waals surface area contributed by atoms with Gasteiger partial charge in [-0.3, -0.25) is 0 Å². The maximum absolute atomic E-state index is 4.43. The molecule has 0 unspecified atom stereocenters. The Morgan fingerprint density at radius 2 is 2.00 bits per heavy atom. The Labute approximate surface area is 123 Å². The van der Waals surface area contributed by atoms with E-state index in [4.69, 9.17) is 0 Å². The lowest BCUT2D eigenvalue weighted by atomic mass is 10.1. The Bertz CT molecular complexity index is 403. The molecule has 1 N–H and O–H groups in total. The van der Waals surface area contributed by atoms with Gasteiger partial charge in [-0.05, 0) is 52.2 Å². The van der Waals surface area contributed by atoms with Crippen LogP contribution in [-0.4, -0.2) is 28.3 Å². The number of rotatable bonds is 7. The van der Waals surface area contributed by atoms with Gasteiger partial charge in [0.2, 0.25) is 0 Å². The molecule has 0 bridgehead atoms. The lowest BCUT2D eigenvalue weighted by Crippen LogP contribution is -2.35. The van der Waals surface area contributed by atoms with Gasteiger partial charge in [0.05, 0.1) is 5.69 Å². The van der Waals surface area contributed by atoms with Gasteiger partial charge in [-0.25, -0.2) is 0 Å². The molecule has 1 aromatic rings. The first kappa shape index (κ1) is 15.2. The van der Waals surface area contributed by atoms with Gasteiger partial charge in [0, 0.05) is 24.7 Å². The second-order valence-electron chi connectivity index (χ2n) is 6.76. The lowest BCUT2D eigenvalue weighted by Gasteiger charge is -2.23. The number of nitrogens with one attached hydrogen (secondary N) is 1. The maximum Gasteiger partial charge on any atom is 0.151 e. The molecule has 4 heteroatoms. The number of anilines is 1. The second-order valence-corrected chi connectivity index (χ2v) is 6.76. The molecule has 2 rings (SSSR count). The third-order valence-electron chi connectivity index (χ3n) is 3.54. The highest BCUT2D eigenvalue weighted by Gasteiger charge is 2.29. The zero-order chi connectivity index (χ0) is 14.6. The van der Waals surface area contributed by atoms with E-state index < -0.39 is 0 Å². The number of unbranched alkanes of at least 4 members (excludes halogenated alkanes) is 1. The first-order valence-electron chi connectivity index (χ1n) is 7.84. The summed E-state index contributed by atoms with van der Waals surface area (Å²) in [4.78, 5) is 2.43. The Balaban J connectivity index is 1.95. The molecule has 1 aliphatic rings. The molecule has 4 nitrogen and oxygen atoms in total. The molecule has 1 aliphatic carbocycles. The minimum atomic E-state index is 0.113. The number of hydrogen-bond acceptors (Lipinski definition) is 4. The highest BCUT2D eigenvalue weighted by atomic mass is 15.3. The Hall–Kier alpha value is -1.16. The number of nitrogens with zero attached hydrogens (tertiary/aromatic N) is 3. The van der Waals surface area contributed by atoms with Crippen LogP contribution >= 0.6 is 0 Å². The summed E-state index contributed by atoms with van der Waals surface area (Å²) in [5, 5.41) is 12.2. The van der Waals surface area contributed by atoms with Crippen molar-refractivity contribution in [2.75, 3.05) is 11.4 Å².